The Morgan fingerprint density at radius 1 is 1.48 bits per heavy atom. The molecule has 0 bridgehead atoms. The Balaban J connectivity index is 2.28. The second-order valence-corrected chi connectivity index (χ2v) is 7.03. The van der Waals surface area contributed by atoms with E-state index >= 15 is 0 Å². The number of nitrogens with one attached hydrogen (secondary N) is 1. The highest BCUT2D eigenvalue weighted by atomic mass is 32.2. The molecule has 1 amide bonds. The maximum Gasteiger partial charge on any atom is 0.303 e. The quantitative estimate of drug-likeness (QED) is 0.636. The number of thioether (sulfide) groups is 1. The van der Waals surface area contributed by atoms with Crippen molar-refractivity contribution in [2.45, 2.75) is 19.8 Å². The van der Waals surface area contributed by atoms with Crippen LogP contribution in [0.5, 0.6) is 0 Å². The Bertz CT molecular complexity index is 658. The third-order valence-electron chi connectivity index (χ3n) is 2.85. The number of aliphatic carboxylic acids is 1. The summed E-state index contributed by atoms with van der Waals surface area (Å²) in [6.07, 6.45) is 4.01. The van der Waals surface area contributed by atoms with Crippen LogP contribution in [0.1, 0.15) is 23.3 Å². The molecule has 0 unspecified atom stereocenters. The lowest BCUT2D eigenvalue weighted by molar-refractivity contribution is -0.137. The second-order valence-electron chi connectivity index (χ2n) is 4.39. The molecule has 7 heteroatoms. The monoisotopic (exact) mass is 339 g/mol. The molecule has 1 aromatic heterocycles. The van der Waals surface area contributed by atoms with Gasteiger partial charge in [-0.05, 0) is 42.0 Å². The number of thiocarbonyl (C=S) groups is 1. The van der Waals surface area contributed by atoms with E-state index in [1.807, 2.05) is 30.5 Å². The standard InChI is InChI=1S/C14H13NO3S3/c1-8-6-7-20-10(8)4-2-9(3-5-11(16)17)12-13(18)15-14(19)21-12/h2,4,6-7H,3,5H2,1H3,(H,16,17)(H,15,18,19)/b4-2+,12-9-. The highest BCUT2D eigenvalue weighted by molar-refractivity contribution is 8.26. The number of hydrogen-bond acceptors (Lipinski definition) is 5. The minimum absolute atomic E-state index is 0.0206. The fraction of sp³-hybridized carbons (Fsp3) is 0.214. The fourth-order valence-corrected chi connectivity index (χ4v) is 3.71. The molecule has 4 nitrogen and oxygen atoms in total. The molecule has 1 saturated heterocycles. The lowest BCUT2D eigenvalue weighted by Gasteiger charge is -2.03. The number of thiophene rings is 1. The van der Waals surface area contributed by atoms with Crippen LogP contribution in [0.15, 0.2) is 28.0 Å². The molecule has 21 heavy (non-hydrogen) atoms. The average Bonchev–Trinajstić information content (AvgIpc) is 2.95. The van der Waals surface area contributed by atoms with Crippen LogP contribution in [0.25, 0.3) is 6.08 Å². The summed E-state index contributed by atoms with van der Waals surface area (Å²) in [5, 5.41) is 13.4. The average molecular weight is 339 g/mol. The number of aryl methyl sites for hydroxylation is 1. The molecular formula is C14H13NO3S3. The van der Waals surface area contributed by atoms with Crippen LogP contribution in [0.4, 0.5) is 0 Å². The molecule has 1 fully saturated rings. The van der Waals surface area contributed by atoms with Crippen molar-refractivity contribution >= 4 is 57.6 Å². The molecule has 1 aliphatic heterocycles. The largest absolute Gasteiger partial charge is 0.481 e. The van der Waals surface area contributed by atoms with Crippen LogP contribution >= 0.6 is 35.3 Å². The summed E-state index contributed by atoms with van der Waals surface area (Å²) >= 11 is 7.76. The van der Waals surface area contributed by atoms with Crippen LogP contribution in [0.3, 0.4) is 0 Å². The first kappa shape index (κ1) is 15.9. The predicted octanol–water partition coefficient (Wildman–Crippen LogP) is 3.34. The van der Waals surface area contributed by atoms with Crippen molar-refractivity contribution in [3.05, 3.63) is 38.4 Å². The van der Waals surface area contributed by atoms with Gasteiger partial charge in [-0.15, -0.1) is 11.3 Å². The number of rotatable bonds is 5. The summed E-state index contributed by atoms with van der Waals surface area (Å²) in [4.78, 5) is 24.2. The van der Waals surface area contributed by atoms with Gasteiger partial charge in [0.25, 0.3) is 5.91 Å². The van der Waals surface area contributed by atoms with E-state index in [2.05, 4.69) is 5.32 Å². The van der Waals surface area contributed by atoms with Crippen molar-refractivity contribution < 1.29 is 14.7 Å². The molecule has 1 aliphatic rings. The number of carboxylic acid groups (broad SMARTS) is 1. The van der Waals surface area contributed by atoms with E-state index in [-0.39, 0.29) is 12.3 Å². The molecule has 2 rings (SSSR count). The van der Waals surface area contributed by atoms with E-state index < -0.39 is 5.97 Å². The van der Waals surface area contributed by atoms with Gasteiger partial charge in [0.2, 0.25) is 0 Å². The molecule has 0 spiro atoms. The highest BCUT2D eigenvalue weighted by Crippen LogP contribution is 2.30. The van der Waals surface area contributed by atoms with Crippen LogP contribution in [0, 0.1) is 6.92 Å². The van der Waals surface area contributed by atoms with Crippen molar-refractivity contribution in [3.63, 3.8) is 0 Å². The zero-order chi connectivity index (χ0) is 15.4. The van der Waals surface area contributed by atoms with E-state index in [1.54, 1.807) is 11.3 Å². The van der Waals surface area contributed by atoms with E-state index in [1.165, 1.54) is 11.8 Å². The van der Waals surface area contributed by atoms with Gasteiger partial charge in [-0.25, -0.2) is 0 Å². The minimum Gasteiger partial charge on any atom is -0.481 e. The maximum atomic E-state index is 11.8. The van der Waals surface area contributed by atoms with E-state index in [0.717, 1.165) is 10.4 Å². The van der Waals surface area contributed by atoms with Crippen molar-refractivity contribution in [2.75, 3.05) is 0 Å². The smallest absolute Gasteiger partial charge is 0.303 e. The minimum atomic E-state index is -0.889. The first-order valence-electron chi connectivity index (χ1n) is 6.17. The van der Waals surface area contributed by atoms with Crippen LogP contribution in [-0.4, -0.2) is 21.3 Å². The Labute approximate surface area is 135 Å². The Kier molecular flexibility index (Phi) is 5.33. The molecule has 0 atom stereocenters. The summed E-state index contributed by atoms with van der Waals surface area (Å²) in [7, 11) is 0. The van der Waals surface area contributed by atoms with E-state index in [4.69, 9.17) is 17.3 Å². The fourth-order valence-electron chi connectivity index (χ4n) is 1.77. The molecule has 0 saturated carbocycles. The highest BCUT2D eigenvalue weighted by Gasteiger charge is 2.25. The molecule has 2 N–H and O–H groups in total. The van der Waals surface area contributed by atoms with Gasteiger partial charge in [0.05, 0.1) is 4.91 Å². The second kappa shape index (κ2) is 7.02. The van der Waals surface area contributed by atoms with Crippen molar-refractivity contribution in [1.82, 2.24) is 5.32 Å². The molecular weight excluding hydrogens is 326 g/mol. The summed E-state index contributed by atoms with van der Waals surface area (Å²) in [5.74, 6) is -1.14. The first-order chi connectivity index (χ1) is 9.97. The maximum absolute atomic E-state index is 11.8. The summed E-state index contributed by atoms with van der Waals surface area (Å²) in [6, 6.07) is 2.01. The predicted molar refractivity (Wildman–Crippen MR) is 90.3 cm³/mol. The molecule has 2 heterocycles. The number of allylic oxidation sites excluding steroid dienone is 2. The summed E-state index contributed by atoms with van der Waals surface area (Å²) in [5.41, 5.74) is 1.85. The van der Waals surface area contributed by atoms with Crippen LogP contribution in [-0.2, 0) is 9.59 Å². The Morgan fingerprint density at radius 3 is 2.76 bits per heavy atom. The topological polar surface area (TPSA) is 66.4 Å². The van der Waals surface area contributed by atoms with Gasteiger partial charge in [0.1, 0.15) is 4.32 Å². The normalized spacial score (nSPS) is 17.4. The number of carboxylic acids is 1. The summed E-state index contributed by atoms with van der Waals surface area (Å²) < 4.78 is 0.406. The number of carbonyl (C=O) groups is 2. The molecule has 0 aromatic carbocycles. The number of amides is 1. The van der Waals surface area contributed by atoms with E-state index in [9.17, 15) is 9.59 Å². The lowest BCUT2D eigenvalue weighted by atomic mass is 10.1. The van der Waals surface area contributed by atoms with Gasteiger partial charge < -0.3 is 10.4 Å². The van der Waals surface area contributed by atoms with Gasteiger partial charge in [0.15, 0.2) is 0 Å². The molecule has 1 aromatic rings. The zero-order valence-electron chi connectivity index (χ0n) is 11.2. The van der Waals surface area contributed by atoms with Crippen molar-refractivity contribution in [3.8, 4) is 0 Å². The third-order valence-corrected chi connectivity index (χ3v) is 5.13. The van der Waals surface area contributed by atoms with Gasteiger partial charge in [-0.1, -0.05) is 30.1 Å². The van der Waals surface area contributed by atoms with Crippen molar-refractivity contribution in [2.24, 2.45) is 0 Å². The third kappa shape index (κ3) is 4.26. The Morgan fingerprint density at radius 2 is 2.24 bits per heavy atom. The van der Waals surface area contributed by atoms with Gasteiger partial charge in [0, 0.05) is 11.3 Å². The summed E-state index contributed by atoms with van der Waals surface area (Å²) in [6.45, 7) is 2.01. The lowest BCUT2D eigenvalue weighted by Crippen LogP contribution is -2.18. The molecule has 0 aliphatic carbocycles. The van der Waals surface area contributed by atoms with Gasteiger partial charge >= 0.3 is 5.97 Å². The SMILES string of the molecule is Cc1ccsc1/C=C/C(CCC(=O)O)=C1/SC(=S)NC1=O. The molecule has 0 radical (unpaired) electrons. The van der Waals surface area contributed by atoms with Gasteiger partial charge in [-0.3, -0.25) is 9.59 Å². The molecule has 110 valence electrons. The van der Waals surface area contributed by atoms with Gasteiger partial charge in [-0.2, -0.15) is 0 Å². The number of carbonyl (C=O) groups excluding carboxylic acids is 1. The number of hydrogen-bond donors (Lipinski definition) is 2. The Hall–Kier alpha value is -1.44. The van der Waals surface area contributed by atoms with Crippen LogP contribution in [0.2, 0.25) is 0 Å². The zero-order valence-corrected chi connectivity index (χ0v) is 13.7. The van der Waals surface area contributed by atoms with Crippen LogP contribution < -0.4 is 5.32 Å². The first-order valence-corrected chi connectivity index (χ1v) is 8.28. The van der Waals surface area contributed by atoms with E-state index in [0.29, 0.717) is 21.2 Å². The van der Waals surface area contributed by atoms with Crippen molar-refractivity contribution in [1.29, 1.82) is 0 Å².